The molecule has 30 heavy (non-hydrogen) atoms. The van der Waals surface area contributed by atoms with Crippen molar-refractivity contribution in [1.82, 2.24) is 9.62 Å². The molecule has 2 aromatic carbocycles. The third-order valence-corrected chi connectivity index (χ3v) is 6.31. The third kappa shape index (κ3) is 5.64. The molecular weight excluding hydrogens is 408 g/mol. The van der Waals surface area contributed by atoms with Gasteiger partial charge in [-0.1, -0.05) is 6.07 Å². The molecule has 0 unspecified atom stereocenters. The minimum atomic E-state index is -3.81. The van der Waals surface area contributed by atoms with Crippen molar-refractivity contribution in [3.8, 4) is 17.2 Å². The van der Waals surface area contributed by atoms with Gasteiger partial charge < -0.3 is 19.5 Å². The number of methoxy groups -OCH3 is 2. The maximum atomic E-state index is 12.7. The number of ether oxygens (including phenoxy) is 3. The van der Waals surface area contributed by atoms with E-state index in [9.17, 15) is 13.2 Å². The van der Waals surface area contributed by atoms with Crippen LogP contribution in [0.25, 0.3) is 0 Å². The molecule has 0 spiro atoms. The Hall–Kier alpha value is -2.78. The van der Waals surface area contributed by atoms with E-state index in [0.717, 1.165) is 9.87 Å². The van der Waals surface area contributed by atoms with Gasteiger partial charge in [-0.25, -0.2) is 8.42 Å². The van der Waals surface area contributed by atoms with Crippen molar-refractivity contribution in [1.29, 1.82) is 0 Å². The molecule has 0 heterocycles. The van der Waals surface area contributed by atoms with Crippen LogP contribution in [0.3, 0.4) is 0 Å². The normalized spacial score (nSPS) is 12.3. The number of carbonyl (C=O) groups is 1. The van der Waals surface area contributed by atoms with Gasteiger partial charge >= 0.3 is 0 Å². The Morgan fingerprint density at radius 3 is 2.27 bits per heavy atom. The van der Waals surface area contributed by atoms with Gasteiger partial charge in [0.25, 0.3) is 0 Å². The first-order valence-corrected chi connectivity index (χ1v) is 10.9. The number of sulfonamides is 1. The molecule has 0 aliphatic heterocycles. The molecule has 0 aliphatic carbocycles. The summed E-state index contributed by atoms with van der Waals surface area (Å²) in [7, 11) is 0.640. The average Bonchev–Trinajstić information content (AvgIpc) is 2.73. The Bertz CT molecular complexity index is 960. The van der Waals surface area contributed by atoms with Crippen LogP contribution in [-0.4, -0.2) is 53.0 Å². The van der Waals surface area contributed by atoms with E-state index in [2.05, 4.69) is 5.32 Å². The molecular formula is C21H28N2O6S. The Morgan fingerprint density at radius 1 is 1.07 bits per heavy atom. The summed E-state index contributed by atoms with van der Waals surface area (Å²) in [6.45, 7) is 3.83. The summed E-state index contributed by atoms with van der Waals surface area (Å²) < 4.78 is 42.3. The van der Waals surface area contributed by atoms with Gasteiger partial charge in [0.2, 0.25) is 15.9 Å². The summed E-state index contributed by atoms with van der Waals surface area (Å²) in [5, 5.41) is 2.80. The van der Waals surface area contributed by atoms with E-state index < -0.39 is 15.9 Å². The molecule has 1 N–H and O–H groups in total. The lowest BCUT2D eigenvalue weighted by Gasteiger charge is -2.20. The molecule has 0 aliphatic rings. The molecule has 8 nitrogen and oxygen atoms in total. The number of hydrogen-bond acceptors (Lipinski definition) is 6. The Morgan fingerprint density at radius 2 is 1.70 bits per heavy atom. The van der Waals surface area contributed by atoms with Crippen LogP contribution < -0.4 is 19.5 Å². The number of nitrogens with one attached hydrogen (secondary N) is 1. The SMILES string of the molecule is CCOc1ccc(S(=O)(=O)N(C)CC(=O)N[C@@H](C)c2ccc(OC)c(OC)c2)cc1. The number of hydrogen-bond donors (Lipinski definition) is 1. The minimum absolute atomic E-state index is 0.0918. The van der Waals surface area contributed by atoms with Crippen LogP contribution in [0.2, 0.25) is 0 Å². The molecule has 0 fully saturated rings. The third-order valence-electron chi connectivity index (χ3n) is 4.49. The minimum Gasteiger partial charge on any atom is -0.494 e. The maximum absolute atomic E-state index is 12.7. The van der Waals surface area contributed by atoms with Crippen molar-refractivity contribution in [2.45, 2.75) is 24.8 Å². The van der Waals surface area contributed by atoms with Crippen LogP contribution in [-0.2, 0) is 14.8 Å². The first-order chi connectivity index (χ1) is 14.2. The van der Waals surface area contributed by atoms with Gasteiger partial charge in [0.1, 0.15) is 5.75 Å². The summed E-state index contributed by atoms with van der Waals surface area (Å²) in [6.07, 6.45) is 0. The van der Waals surface area contributed by atoms with Gasteiger partial charge in [0.05, 0.1) is 38.3 Å². The molecule has 0 saturated heterocycles. The van der Waals surface area contributed by atoms with Crippen molar-refractivity contribution >= 4 is 15.9 Å². The highest BCUT2D eigenvalue weighted by Gasteiger charge is 2.24. The molecule has 2 aromatic rings. The van der Waals surface area contributed by atoms with Gasteiger partial charge in [0.15, 0.2) is 11.5 Å². The first kappa shape index (κ1) is 23.5. The average molecular weight is 437 g/mol. The zero-order valence-corrected chi connectivity index (χ0v) is 18.7. The fraction of sp³-hybridized carbons (Fsp3) is 0.381. The van der Waals surface area contributed by atoms with Crippen LogP contribution >= 0.6 is 0 Å². The quantitative estimate of drug-likeness (QED) is 0.615. The van der Waals surface area contributed by atoms with Crippen LogP contribution in [0.4, 0.5) is 0 Å². The van der Waals surface area contributed by atoms with Crippen LogP contribution in [0.15, 0.2) is 47.4 Å². The van der Waals surface area contributed by atoms with Crippen LogP contribution in [0.5, 0.6) is 17.2 Å². The van der Waals surface area contributed by atoms with Crippen molar-refractivity contribution in [2.24, 2.45) is 0 Å². The fourth-order valence-corrected chi connectivity index (χ4v) is 3.96. The largest absolute Gasteiger partial charge is 0.494 e. The van der Waals surface area contributed by atoms with Gasteiger partial charge in [-0.15, -0.1) is 0 Å². The number of likely N-dealkylation sites (N-methyl/N-ethyl adjacent to an activating group) is 1. The Kier molecular flexibility index (Phi) is 8.08. The molecule has 1 atom stereocenters. The number of nitrogens with zero attached hydrogens (tertiary/aromatic N) is 1. The standard InChI is InChI=1S/C21H28N2O6S/c1-6-29-17-8-10-18(11-9-17)30(25,26)23(3)14-21(24)22-15(2)16-7-12-19(27-4)20(13-16)28-5/h7-13,15H,6,14H2,1-5H3,(H,22,24)/t15-/m0/s1. The van der Waals surface area contributed by atoms with Crippen molar-refractivity contribution in [3.05, 3.63) is 48.0 Å². The summed E-state index contributed by atoms with van der Waals surface area (Å²) in [6, 6.07) is 11.1. The Labute approximate surface area is 177 Å². The van der Waals surface area contributed by atoms with Crippen molar-refractivity contribution < 1.29 is 27.4 Å². The second kappa shape index (κ2) is 10.3. The predicted molar refractivity (Wildman–Crippen MR) is 114 cm³/mol. The highest BCUT2D eigenvalue weighted by molar-refractivity contribution is 7.89. The predicted octanol–water partition coefficient (Wildman–Crippen LogP) is 2.60. The number of carbonyl (C=O) groups excluding carboxylic acids is 1. The van der Waals surface area contributed by atoms with Gasteiger partial charge in [-0.05, 0) is 55.8 Å². The highest BCUT2D eigenvalue weighted by Crippen LogP contribution is 2.29. The molecule has 2 rings (SSSR count). The summed E-state index contributed by atoms with van der Waals surface area (Å²) in [5.74, 6) is 1.29. The number of amides is 1. The zero-order chi connectivity index (χ0) is 22.3. The maximum Gasteiger partial charge on any atom is 0.243 e. The van der Waals surface area contributed by atoms with Crippen molar-refractivity contribution in [3.63, 3.8) is 0 Å². The molecule has 9 heteroatoms. The van der Waals surface area contributed by atoms with E-state index in [-0.39, 0.29) is 17.5 Å². The van der Waals surface area contributed by atoms with Gasteiger partial charge in [0, 0.05) is 7.05 Å². The van der Waals surface area contributed by atoms with Crippen LogP contribution in [0.1, 0.15) is 25.5 Å². The molecule has 164 valence electrons. The van der Waals surface area contributed by atoms with E-state index in [4.69, 9.17) is 14.2 Å². The lowest BCUT2D eigenvalue weighted by molar-refractivity contribution is -0.121. The molecule has 0 aromatic heterocycles. The second-order valence-electron chi connectivity index (χ2n) is 6.57. The lowest BCUT2D eigenvalue weighted by Crippen LogP contribution is -2.39. The monoisotopic (exact) mass is 436 g/mol. The number of rotatable bonds is 10. The van der Waals surface area contributed by atoms with E-state index in [1.54, 1.807) is 38.3 Å². The van der Waals surface area contributed by atoms with E-state index in [1.807, 2.05) is 13.0 Å². The van der Waals surface area contributed by atoms with E-state index >= 15 is 0 Å². The molecule has 0 saturated carbocycles. The Balaban J connectivity index is 2.04. The summed E-state index contributed by atoms with van der Waals surface area (Å²) in [4.78, 5) is 12.5. The smallest absolute Gasteiger partial charge is 0.243 e. The number of benzene rings is 2. The second-order valence-corrected chi connectivity index (χ2v) is 8.61. The highest BCUT2D eigenvalue weighted by atomic mass is 32.2. The summed E-state index contributed by atoms with van der Waals surface area (Å²) in [5.41, 5.74) is 0.804. The van der Waals surface area contributed by atoms with Gasteiger partial charge in [-0.2, -0.15) is 4.31 Å². The molecule has 0 bridgehead atoms. The van der Waals surface area contributed by atoms with Gasteiger partial charge in [-0.3, -0.25) is 4.79 Å². The summed E-state index contributed by atoms with van der Waals surface area (Å²) >= 11 is 0. The first-order valence-electron chi connectivity index (χ1n) is 9.43. The topological polar surface area (TPSA) is 94.2 Å². The van der Waals surface area contributed by atoms with Crippen molar-refractivity contribution in [2.75, 3.05) is 34.4 Å². The fourth-order valence-electron chi connectivity index (χ4n) is 2.83. The van der Waals surface area contributed by atoms with Crippen LogP contribution in [0, 0.1) is 0 Å². The molecule has 1 amide bonds. The van der Waals surface area contributed by atoms with E-state index in [0.29, 0.717) is 23.9 Å². The zero-order valence-electron chi connectivity index (χ0n) is 17.8. The molecule has 0 radical (unpaired) electrons. The lowest BCUT2D eigenvalue weighted by atomic mass is 10.1. The van der Waals surface area contributed by atoms with E-state index in [1.165, 1.54) is 26.3 Å².